The van der Waals surface area contributed by atoms with Gasteiger partial charge in [-0.2, -0.15) is 0 Å². The number of carbonyl (C=O) groups excluding carboxylic acids is 2. The molecule has 1 saturated heterocycles. The van der Waals surface area contributed by atoms with Gasteiger partial charge in [-0.15, -0.1) is 0 Å². The van der Waals surface area contributed by atoms with Crippen molar-refractivity contribution >= 4 is 33.8 Å². The number of amides is 2. The second-order valence-corrected chi connectivity index (χ2v) is 7.48. The number of imide groups is 1. The molecule has 30 heavy (non-hydrogen) atoms. The third kappa shape index (κ3) is 2.92. The first kappa shape index (κ1) is 18.4. The average molecular weight is 399 g/mol. The van der Waals surface area contributed by atoms with E-state index >= 15 is 0 Å². The number of likely N-dealkylation sites (tertiary alicyclic amines) is 1. The minimum Gasteiger partial charge on any atom is -0.497 e. The molecule has 2 aromatic carbocycles. The van der Waals surface area contributed by atoms with Crippen LogP contribution >= 0.6 is 0 Å². The number of pyridine rings is 1. The maximum absolute atomic E-state index is 13.5. The molecule has 150 valence electrons. The van der Waals surface area contributed by atoms with Crippen molar-refractivity contribution in [3.63, 3.8) is 0 Å². The molecule has 0 radical (unpaired) electrons. The Morgan fingerprint density at radius 1 is 1.00 bits per heavy atom. The third-order valence-electron chi connectivity index (χ3n) is 5.76. The summed E-state index contributed by atoms with van der Waals surface area (Å²) < 4.78 is 7.19. The monoisotopic (exact) mass is 399 g/mol. The molecule has 0 saturated carbocycles. The molecular formula is C24H21N3O3. The molecule has 6 nitrogen and oxygen atoms in total. The molecule has 1 atom stereocenters. The van der Waals surface area contributed by atoms with Crippen LogP contribution in [0.4, 0.5) is 0 Å². The Morgan fingerprint density at radius 3 is 2.57 bits per heavy atom. The van der Waals surface area contributed by atoms with E-state index in [1.807, 2.05) is 65.2 Å². The standard InChI is InChI=1S/C24H21N3O3/c1-30-17-10-8-16(9-11-17)15-26-22(28)13-12-21(24(26)29)27-20-7-3-2-5-18(20)19-6-4-14-25-23(19)27/h2-11,14,21H,12-13,15H2,1H3. The van der Waals surface area contributed by atoms with Gasteiger partial charge in [0.05, 0.1) is 19.2 Å². The summed E-state index contributed by atoms with van der Waals surface area (Å²) in [5, 5.41) is 2.08. The average Bonchev–Trinajstić information content (AvgIpc) is 3.12. The van der Waals surface area contributed by atoms with E-state index in [-0.39, 0.29) is 18.4 Å². The smallest absolute Gasteiger partial charge is 0.252 e. The third-order valence-corrected chi connectivity index (χ3v) is 5.76. The number of ether oxygens (including phenoxy) is 1. The summed E-state index contributed by atoms with van der Waals surface area (Å²) in [7, 11) is 1.61. The van der Waals surface area contributed by atoms with Crippen molar-refractivity contribution in [1.82, 2.24) is 14.5 Å². The van der Waals surface area contributed by atoms with Crippen LogP contribution < -0.4 is 4.74 Å². The second-order valence-electron chi connectivity index (χ2n) is 7.48. The lowest BCUT2D eigenvalue weighted by molar-refractivity contribution is -0.151. The van der Waals surface area contributed by atoms with Crippen molar-refractivity contribution in [3.05, 3.63) is 72.4 Å². The van der Waals surface area contributed by atoms with E-state index in [1.165, 1.54) is 4.90 Å². The summed E-state index contributed by atoms with van der Waals surface area (Å²) in [5.74, 6) is 0.417. The van der Waals surface area contributed by atoms with Gasteiger partial charge in [0.2, 0.25) is 5.91 Å². The van der Waals surface area contributed by atoms with E-state index in [4.69, 9.17) is 4.74 Å². The zero-order valence-corrected chi connectivity index (χ0v) is 16.6. The molecule has 5 rings (SSSR count). The van der Waals surface area contributed by atoms with E-state index in [0.717, 1.165) is 33.2 Å². The minimum atomic E-state index is -0.460. The number of fused-ring (bicyclic) bond motifs is 3. The number of hydrogen-bond acceptors (Lipinski definition) is 4. The predicted molar refractivity (Wildman–Crippen MR) is 114 cm³/mol. The van der Waals surface area contributed by atoms with Gasteiger partial charge in [0.25, 0.3) is 5.91 Å². The van der Waals surface area contributed by atoms with Gasteiger partial charge in [-0.25, -0.2) is 4.98 Å². The SMILES string of the molecule is COc1ccc(CN2C(=O)CCC(n3c4ccccc4c4cccnc43)C2=O)cc1. The van der Waals surface area contributed by atoms with E-state index in [1.54, 1.807) is 13.3 Å². The predicted octanol–water partition coefficient (Wildman–Crippen LogP) is 4.09. The Kier molecular flexibility index (Phi) is 4.47. The summed E-state index contributed by atoms with van der Waals surface area (Å²) in [6, 6.07) is 18.9. The molecule has 3 heterocycles. The van der Waals surface area contributed by atoms with Crippen molar-refractivity contribution in [1.29, 1.82) is 0 Å². The Bertz CT molecular complexity index is 1210. The van der Waals surface area contributed by atoms with Crippen molar-refractivity contribution in [2.45, 2.75) is 25.4 Å². The number of hydrogen-bond donors (Lipinski definition) is 0. The molecule has 2 amide bonds. The van der Waals surface area contributed by atoms with Crippen molar-refractivity contribution in [2.24, 2.45) is 0 Å². The highest BCUT2D eigenvalue weighted by Crippen LogP contribution is 2.35. The highest BCUT2D eigenvalue weighted by atomic mass is 16.5. The van der Waals surface area contributed by atoms with Crippen molar-refractivity contribution in [3.8, 4) is 5.75 Å². The van der Waals surface area contributed by atoms with Gasteiger partial charge >= 0.3 is 0 Å². The maximum Gasteiger partial charge on any atom is 0.252 e. The molecular weight excluding hydrogens is 378 g/mol. The number of piperidine rings is 1. The number of aromatic nitrogens is 2. The fraction of sp³-hybridized carbons (Fsp3) is 0.208. The first-order valence-corrected chi connectivity index (χ1v) is 9.98. The van der Waals surface area contributed by atoms with Gasteiger partial charge in [-0.3, -0.25) is 14.5 Å². The molecule has 1 aliphatic heterocycles. The number of rotatable bonds is 4. The first-order chi connectivity index (χ1) is 14.7. The van der Waals surface area contributed by atoms with Gasteiger partial charge in [-0.1, -0.05) is 30.3 Å². The minimum absolute atomic E-state index is 0.138. The quantitative estimate of drug-likeness (QED) is 0.485. The van der Waals surface area contributed by atoms with Crippen LogP contribution in [-0.4, -0.2) is 33.4 Å². The van der Waals surface area contributed by atoms with Crippen LogP contribution in [0.25, 0.3) is 21.9 Å². The lowest BCUT2D eigenvalue weighted by Gasteiger charge is -2.32. The number of para-hydroxylation sites is 1. The summed E-state index contributed by atoms with van der Waals surface area (Å²) in [4.78, 5) is 32.1. The lowest BCUT2D eigenvalue weighted by atomic mass is 10.0. The van der Waals surface area contributed by atoms with Crippen molar-refractivity contribution in [2.75, 3.05) is 7.11 Å². The van der Waals surface area contributed by atoms with Crippen LogP contribution in [0.1, 0.15) is 24.4 Å². The Labute approximate surface area is 173 Å². The molecule has 0 spiro atoms. The largest absolute Gasteiger partial charge is 0.497 e. The van der Waals surface area contributed by atoms with Crippen LogP contribution in [0.2, 0.25) is 0 Å². The van der Waals surface area contributed by atoms with Crippen LogP contribution in [0, 0.1) is 0 Å². The molecule has 1 fully saturated rings. The number of methoxy groups -OCH3 is 1. The maximum atomic E-state index is 13.5. The molecule has 1 aliphatic rings. The molecule has 0 bridgehead atoms. The zero-order chi connectivity index (χ0) is 20.7. The number of nitrogens with zero attached hydrogens (tertiary/aromatic N) is 3. The van der Waals surface area contributed by atoms with Crippen LogP contribution in [0.3, 0.4) is 0 Å². The highest BCUT2D eigenvalue weighted by molar-refractivity contribution is 6.08. The Morgan fingerprint density at radius 2 is 1.77 bits per heavy atom. The Hall–Kier alpha value is -3.67. The summed E-state index contributed by atoms with van der Waals surface area (Å²) >= 11 is 0. The molecule has 2 aromatic heterocycles. The summed E-state index contributed by atoms with van der Waals surface area (Å²) in [5.41, 5.74) is 2.62. The van der Waals surface area contributed by atoms with E-state index in [9.17, 15) is 9.59 Å². The molecule has 0 N–H and O–H groups in total. The second kappa shape index (κ2) is 7.30. The fourth-order valence-electron chi connectivity index (χ4n) is 4.28. The molecule has 6 heteroatoms. The van der Waals surface area contributed by atoms with Crippen LogP contribution in [0.15, 0.2) is 66.9 Å². The summed E-state index contributed by atoms with van der Waals surface area (Å²) in [6.07, 6.45) is 2.54. The van der Waals surface area contributed by atoms with E-state index in [0.29, 0.717) is 12.8 Å². The first-order valence-electron chi connectivity index (χ1n) is 9.98. The van der Waals surface area contributed by atoms with Crippen LogP contribution in [-0.2, 0) is 16.1 Å². The molecule has 0 aliphatic carbocycles. The van der Waals surface area contributed by atoms with E-state index in [2.05, 4.69) is 4.98 Å². The van der Waals surface area contributed by atoms with Gasteiger partial charge in [0.15, 0.2) is 0 Å². The lowest BCUT2D eigenvalue weighted by Crippen LogP contribution is -2.45. The number of carbonyl (C=O) groups is 2. The molecule has 1 unspecified atom stereocenters. The normalized spacial score (nSPS) is 17.1. The van der Waals surface area contributed by atoms with Crippen LogP contribution in [0.5, 0.6) is 5.75 Å². The zero-order valence-electron chi connectivity index (χ0n) is 16.6. The van der Waals surface area contributed by atoms with Gasteiger partial charge in [-0.05, 0) is 42.3 Å². The summed E-state index contributed by atoms with van der Waals surface area (Å²) in [6.45, 7) is 0.253. The highest BCUT2D eigenvalue weighted by Gasteiger charge is 2.37. The van der Waals surface area contributed by atoms with Gasteiger partial charge < -0.3 is 9.30 Å². The molecule has 4 aromatic rings. The Balaban J connectivity index is 1.55. The van der Waals surface area contributed by atoms with Gasteiger partial charge in [0.1, 0.15) is 17.4 Å². The van der Waals surface area contributed by atoms with E-state index < -0.39 is 6.04 Å². The topological polar surface area (TPSA) is 64.4 Å². The fourth-order valence-corrected chi connectivity index (χ4v) is 4.28. The number of benzene rings is 2. The van der Waals surface area contributed by atoms with Crippen molar-refractivity contribution < 1.29 is 14.3 Å². The van der Waals surface area contributed by atoms with Gasteiger partial charge in [0, 0.05) is 23.4 Å².